The molecule has 0 amide bonds. The Morgan fingerprint density at radius 2 is 2.00 bits per heavy atom. The average Bonchev–Trinajstić information content (AvgIpc) is 3.01. The van der Waals surface area contributed by atoms with Gasteiger partial charge in [-0.1, -0.05) is 12.1 Å². The number of rotatable bonds is 1. The molecule has 0 unspecified atom stereocenters. The fourth-order valence-electron chi connectivity index (χ4n) is 2.56. The first kappa shape index (κ1) is 11.0. The van der Waals surface area contributed by atoms with Gasteiger partial charge in [-0.05, 0) is 19.1 Å². The highest BCUT2D eigenvalue weighted by Gasteiger charge is 2.11. The zero-order valence-electron chi connectivity index (χ0n) is 10.8. The van der Waals surface area contributed by atoms with Gasteiger partial charge in [-0.15, -0.1) is 10.2 Å². The molecule has 0 saturated heterocycles. The van der Waals surface area contributed by atoms with Crippen LogP contribution in [0.4, 0.5) is 0 Å². The van der Waals surface area contributed by atoms with Crippen LogP contribution in [0.1, 0.15) is 5.69 Å². The first-order valence-corrected chi connectivity index (χ1v) is 6.34. The molecule has 96 valence electrons. The zero-order valence-corrected chi connectivity index (χ0v) is 10.8. The number of benzene rings is 1. The molecule has 4 rings (SSSR count). The van der Waals surface area contributed by atoms with Crippen LogP contribution in [-0.2, 0) is 0 Å². The van der Waals surface area contributed by atoms with Gasteiger partial charge in [0.15, 0.2) is 5.82 Å². The lowest BCUT2D eigenvalue weighted by atomic mass is 10.0. The van der Waals surface area contributed by atoms with Crippen molar-refractivity contribution >= 4 is 21.7 Å². The standard InChI is InChI=1S/C15H11N5/c1-9-10-5-6-16-7-13(10)11-3-2-4-12(14(11)19-9)15-17-8-18-20-15/h2-8H,1H3,(H,17,18,20). The van der Waals surface area contributed by atoms with Crippen molar-refractivity contribution in [2.75, 3.05) is 0 Å². The van der Waals surface area contributed by atoms with E-state index in [0.29, 0.717) is 0 Å². The molecular formula is C15H11N5. The molecule has 0 aliphatic rings. The number of fused-ring (bicyclic) bond motifs is 3. The third-order valence-corrected chi connectivity index (χ3v) is 3.49. The Balaban J connectivity index is 2.19. The summed E-state index contributed by atoms with van der Waals surface area (Å²) in [4.78, 5) is 12.0. The van der Waals surface area contributed by atoms with Gasteiger partial charge in [0.05, 0.1) is 5.52 Å². The molecule has 1 N–H and O–H groups in total. The summed E-state index contributed by atoms with van der Waals surface area (Å²) < 4.78 is 0. The average molecular weight is 261 g/mol. The summed E-state index contributed by atoms with van der Waals surface area (Å²) in [5, 5.41) is 11.2. The molecule has 0 spiro atoms. The maximum absolute atomic E-state index is 4.74. The van der Waals surface area contributed by atoms with Crippen LogP contribution >= 0.6 is 0 Å². The Morgan fingerprint density at radius 3 is 2.85 bits per heavy atom. The molecule has 20 heavy (non-hydrogen) atoms. The van der Waals surface area contributed by atoms with Crippen LogP contribution in [0.2, 0.25) is 0 Å². The number of hydrogen-bond donors (Lipinski definition) is 1. The summed E-state index contributed by atoms with van der Waals surface area (Å²) in [5.41, 5.74) is 2.86. The van der Waals surface area contributed by atoms with Gasteiger partial charge in [-0.2, -0.15) is 0 Å². The number of aryl methyl sites for hydroxylation is 1. The topological polar surface area (TPSA) is 67.3 Å². The van der Waals surface area contributed by atoms with Crippen molar-refractivity contribution in [3.8, 4) is 11.4 Å². The molecule has 5 nitrogen and oxygen atoms in total. The predicted octanol–water partition coefficient (Wildman–Crippen LogP) is 2.88. The number of para-hydroxylation sites is 1. The molecule has 0 saturated carbocycles. The Kier molecular flexibility index (Phi) is 2.26. The minimum Gasteiger partial charge on any atom is -0.327 e. The van der Waals surface area contributed by atoms with Gasteiger partial charge in [-0.3, -0.25) is 9.97 Å². The van der Waals surface area contributed by atoms with Crippen molar-refractivity contribution in [3.63, 3.8) is 0 Å². The Bertz CT molecular complexity index is 912. The number of nitrogens with zero attached hydrogens (tertiary/aromatic N) is 4. The fraction of sp³-hybridized carbons (Fsp3) is 0.0667. The van der Waals surface area contributed by atoms with Crippen molar-refractivity contribution in [2.45, 2.75) is 6.92 Å². The summed E-state index contributed by atoms with van der Waals surface area (Å²) in [6.07, 6.45) is 5.25. The predicted molar refractivity (Wildman–Crippen MR) is 77.2 cm³/mol. The Labute approximate surface area is 114 Å². The second-order valence-corrected chi connectivity index (χ2v) is 4.66. The van der Waals surface area contributed by atoms with E-state index in [1.165, 1.54) is 0 Å². The van der Waals surface area contributed by atoms with E-state index in [4.69, 9.17) is 4.98 Å². The van der Waals surface area contributed by atoms with Crippen LogP contribution in [0.3, 0.4) is 0 Å². The Morgan fingerprint density at radius 1 is 1.05 bits per heavy atom. The monoisotopic (exact) mass is 261 g/mol. The summed E-state index contributed by atoms with van der Waals surface area (Å²) in [7, 11) is 0. The van der Waals surface area contributed by atoms with Gasteiger partial charge in [0.1, 0.15) is 6.33 Å². The highest BCUT2D eigenvalue weighted by atomic mass is 15.2. The lowest BCUT2D eigenvalue weighted by molar-refractivity contribution is 1.10. The lowest BCUT2D eigenvalue weighted by Gasteiger charge is -2.08. The van der Waals surface area contributed by atoms with Crippen LogP contribution in [0.15, 0.2) is 43.0 Å². The normalized spacial score (nSPS) is 11.2. The van der Waals surface area contributed by atoms with Gasteiger partial charge < -0.3 is 4.98 Å². The number of aromatic amines is 1. The van der Waals surface area contributed by atoms with Crippen LogP contribution in [0.25, 0.3) is 33.1 Å². The molecular weight excluding hydrogens is 250 g/mol. The van der Waals surface area contributed by atoms with E-state index in [1.807, 2.05) is 31.3 Å². The molecule has 1 aromatic carbocycles. The van der Waals surface area contributed by atoms with Crippen molar-refractivity contribution in [1.29, 1.82) is 0 Å². The third kappa shape index (κ3) is 1.50. The highest BCUT2D eigenvalue weighted by Crippen LogP contribution is 2.30. The zero-order chi connectivity index (χ0) is 13.5. The van der Waals surface area contributed by atoms with Crippen LogP contribution in [0, 0.1) is 6.92 Å². The molecule has 0 fully saturated rings. The van der Waals surface area contributed by atoms with Gasteiger partial charge in [0.2, 0.25) is 0 Å². The smallest absolute Gasteiger partial charge is 0.163 e. The quantitative estimate of drug-likeness (QED) is 0.535. The first-order valence-electron chi connectivity index (χ1n) is 6.34. The number of nitrogens with one attached hydrogen (secondary N) is 1. The minimum atomic E-state index is 0.728. The molecule has 0 atom stereocenters. The third-order valence-electron chi connectivity index (χ3n) is 3.49. The van der Waals surface area contributed by atoms with E-state index in [9.17, 15) is 0 Å². The van der Waals surface area contributed by atoms with E-state index in [2.05, 4.69) is 26.2 Å². The number of pyridine rings is 2. The van der Waals surface area contributed by atoms with Gasteiger partial charge >= 0.3 is 0 Å². The molecule has 0 radical (unpaired) electrons. The summed E-state index contributed by atoms with van der Waals surface area (Å²) >= 11 is 0. The summed E-state index contributed by atoms with van der Waals surface area (Å²) in [5.74, 6) is 0.728. The van der Waals surface area contributed by atoms with Crippen molar-refractivity contribution in [1.82, 2.24) is 25.1 Å². The summed E-state index contributed by atoms with van der Waals surface area (Å²) in [6, 6.07) is 8.06. The molecule has 0 aliphatic heterocycles. The largest absolute Gasteiger partial charge is 0.327 e. The van der Waals surface area contributed by atoms with E-state index in [-0.39, 0.29) is 0 Å². The first-order chi connectivity index (χ1) is 9.84. The minimum absolute atomic E-state index is 0.728. The van der Waals surface area contributed by atoms with Crippen LogP contribution in [0.5, 0.6) is 0 Å². The van der Waals surface area contributed by atoms with Crippen LogP contribution in [-0.4, -0.2) is 25.1 Å². The molecule has 3 heterocycles. The molecule has 4 aromatic rings. The second kappa shape index (κ2) is 4.09. The number of hydrogen-bond acceptors (Lipinski definition) is 4. The fourth-order valence-corrected chi connectivity index (χ4v) is 2.56. The van der Waals surface area contributed by atoms with E-state index >= 15 is 0 Å². The highest BCUT2D eigenvalue weighted by molar-refractivity contribution is 6.09. The van der Waals surface area contributed by atoms with Crippen LogP contribution < -0.4 is 0 Å². The van der Waals surface area contributed by atoms with Gasteiger partial charge in [-0.25, -0.2) is 0 Å². The summed E-state index contributed by atoms with van der Waals surface area (Å²) in [6.45, 7) is 2.01. The van der Waals surface area contributed by atoms with Crippen molar-refractivity contribution in [2.24, 2.45) is 0 Å². The lowest BCUT2D eigenvalue weighted by Crippen LogP contribution is -1.92. The number of H-pyrrole nitrogens is 1. The van der Waals surface area contributed by atoms with Crippen molar-refractivity contribution in [3.05, 3.63) is 48.7 Å². The molecule has 0 bridgehead atoms. The van der Waals surface area contributed by atoms with E-state index in [1.54, 1.807) is 12.5 Å². The van der Waals surface area contributed by atoms with Gasteiger partial charge in [0.25, 0.3) is 0 Å². The maximum Gasteiger partial charge on any atom is 0.163 e. The Hall–Kier alpha value is -2.82. The molecule has 3 aromatic heterocycles. The number of aromatic nitrogens is 5. The maximum atomic E-state index is 4.74. The molecule has 0 aliphatic carbocycles. The van der Waals surface area contributed by atoms with E-state index < -0.39 is 0 Å². The SMILES string of the molecule is Cc1nc2c(-c3nnc[nH]3)cccc2c2cnccc12. The van der Waals surface area contributed by atoms with Crippen molar-refractivity contribution < 1.29 is 0 Å². The van der Waals surface area contributed by atoms with E-state index in [0.717, 1.165) is 38.8 Å². The van der Waals surface area contributed by atoms with Gasteiger partial charge in [0, 0.05) is 39.8 Å². The molecule has 5 heteroatoms. The second-order valence-electron chi connectivity index (χ2n) is 4.66.